The van der Waals surface area contributed by atoms with E-state index in [-0.39, 0.29) is 11.4 Å². The van der Waals surface area contributed by atoms with Crippen molar-refractivity contribution in [2.45, 2.75) is 6.92 Å². The number of ether oxygens (including phenoxy) is 1. The second kappa shape index (κ2) is 4.65. The van der Waals surface area contributed by atoms with Crippen LogP contribution in [0.25, 0.3) is 0 Å². The molecule has 0 radical (unpaired) electrons. The molecule has 0 unspecified atom stereocenters. The molecule has 0 bridgehead atoms. The van der Waals surface area contributed by atoms with Crippen LogP contribution in [0.3, 0.4) is 0 Å². The lowest BCUT2D eigenvalue weighted by Crippen LogP contribution is -2.02. The third kappa shape index (κ3) is 2.60. The van der Waals surface area contributed by atoms with Crippen LogP contribution in [0.2, 0.25) is 0 Å². The smallest absolute Gasteiger partial charge is 0.358 e. The molecule has 0 aliphatic heterocycles. The summed E-state index contributed by atoms with van der Waals surface area (Å²) in [5, 5.41) is 8.95. The highest BCUT2D eigenvalue weighted by Gasteiger charge is 2.12. The Bertz CT molecular complexity index is 535. The van der Waals surface area contributed by atoms with Gasteiger partial charge in [0.05, 0.1) is 0 Å². The Balaban J connectivity index is 2.30. The molecule has 17 heavy (non-hydrogen) atoms. The number of carboxylic acid groups (broad SMARTS) is 1. The number of hydrogen-bond acceptors (Lipinski definition) is 3. The van der Waals surface area contributed by atoms with Crippen molar-refractivity contribution in [2.24, 2.45) is 0 Å². The van der Waals surface area contributed by atoms with Gasteiger partial charge in [-0.1, -0.05) is 17.7 Å². The molecule has 0 aliphatic rings. The molecule has 4 nitrogen and oxygen atoms in total. The summed E-state index contributed by atoms with van der Waals surface area (Å²) in [7, 11) is 0. The third-order valence-electron chi connectivity index (χ3n) is 2.22. The fourth-order valence-electron chi connectivity index (χ4n) is 1.37. The van der Waals surface area contributed by atoms with Gasteiger partial charge in [0.2, 0.25) is 0 Å². The molecule has 1 aromatic heterocycles. The van der Waals surface area contributed by atoms with Gasteiger partial charge in [-0.25, -0.2) is 9.78 Å². The minimum atomic E-state index is -1.10. The number of aromatic nitrogens is 1. The topological polar surface area (TPSA) is 59.4 Å². The van der Waals surface area contributed by atoms with Gasteiger partial charge in [-0.2, -0.15) is 0 Å². The summed E-state index contributed by atoms with van der Waals surface area (Å²) in [5.41, 5.74) is 1.02. The Morgan fingerprint density at radius 3 is 2.59 bits per heavy atom. The van der Waals surface area contributed by atoms with E-state index in [1.165, 1.54) is 6.20 Å². The van der Waals surface area contributed by atoms with Crippen LogP contribution in [0.15, 0.2) is 42.6 Å². The van der Waals surface area contributed by atoms with E-state index in [0.29, 0.717) is 5.75 Å². The summed E-state index contributed by atoms with van der Waals surface area (Å²) in [6, 6.07) is 10.6. The molecule has 2 rings (SSSR count). The Hall–Kier alpha value is -2.36. The monoisotopic (exact) mass is 229 g/mol. The van der Waals surface area contributed by atoms with E-state index < -0.39 is 5.97 Å². The van der Waals surface area contributed by atoms with Crippen LogP contribution in [0, 0.1) is 6.92 Å². The second-order valence-corrected chi connectivity index (χ2v) is 3.57. The van der Waals surface area contributed by atoms with Crippen LogP contribution >= 0.6 is 0 Å². The quantitative estimate of drug-likeness (QED) is 0.879. The van der Waals surface area contributed by atoms with Crippen LogP contribution in [-0.2, 0) is 0 Å². The van der Waals surface area contributed by atoms with Gasteiger partial charge in [0.15, 0.2) is 11.4 Å². The third-order valence-corrected chi connectivity index (χ3v) is 2.22. The SMILES string of the molecule is Cc1ccc(Oc2cccnc2C(=O)O)cc1. The Kier molecular flexibility index (Phi) is 3.05. The maximum Gasteiger partial charge on any atom is 0.358 e. The lowest BCUT2D eigenvalue weighted by atomic mass is 10.2. The Labute approximate surface area is 98.5 Å². The normalized spacial score (nSPS) is 9.94. The first-order chi connectivity index (χ1) is 8.16. The fraction of sp³-hybridized carbons (Fsp3) is 0.0769. The van der Waals surface area contributed by atoms with Crippen molar-refractivity contribution in [1.29, 1.82) is 0 Å². The maximum atomic E-state index is 10.9. The van der Waals surface area contributed by atoms with Crippen molar-refractivity contribution in [3.63, 3.8) is 0 Å². The van der Waals surface area contributed by atoms with Crippen molar-refractivity contribution >= 4 is 5.97 Å². The Morgan fingerprint density at radius 1 is 1.24 bits per heavy atom. The minimum Gasteiger partial charge on any atom is -0.476 e. The molecule has 4 heteroatoms. The molecule has 0 atom stereocenters. The molecule has 1 N–H and O–H groups in total. The highest BCUT2D eigenvalue weighted by atomic mass is 16.5. The number of hydrogen-bond donors (Lipinski definition) is 1. The summed E-state index contributed by atoms with van der Waals surface area (Å²) in [4.78, 5) is 14.7. The highest BCUT2D eigenvalue weighted by Crippen LogP contribution is 2.23. The number of pyridine rings is 1. The van der Waals surface area contributed by atoms with E-state index in [0.717, 1.165) is 5.56 Å². The lowest BCUT2D eigenvalue weighted by molar-refractivity contribution is 0.0687. The predicted octanol–water partition coefficient (Wildman–Crippen LogP) is 2.88. The molecule has 0 saturated heterocycles. The van der Waals surface area contributed by atoms with E-state index in [4.69, 9.17) is 9.84 Å². The van der Waals surface area contributed by atoms with Crippen molar-refractivity contribution in [2.75, 3.05) is 0 Å². The molecule has 0 spiro atoms. The molecule has 1 aromatic carbocycles. The largest absolute Gasteiger partial charge is 0.476 e. The van der Waals surface area contributed by atoms with Crippen LogP contribution in [0.1, 0.15) is 16.1 Å². The maximum absolute atomic E-state index is 10.9. The van der Waals surface area contributed by atoms with Crippen LogP contribution < -0.4 is 4.74 Å². The fourth-order valence-corrected chi connectivity index (χ4v) is 1.37. The first-order valence-corrected chi connectivity index (χ1v) is 5.09. The number of carbonyl (C=O) groups is 1. The molecular formula is C13H11NO3. The van der Waals surface area contributed by atoms with Crippen molar-refractivity contribution < 1.29 is 14.6 Å². The highest BCUT2D eigenvalue weighted by molar-refractivity contribution is 5.88. The molecule has 1 heterocycles. The predicted molar refractivity (Wildman–Crippen MR) is 62.4 cm³/mol. The van der Waals surface area contributed by atoms with Gasteiger partial charge in [-0.3, -0.25) is 0 Å². The number of aromatic carboxylic acids is 1. The summed E-state index contributed by atoms with van der Waals surface area (Å²) >= 11 is 0. The van der Waals surface area contributed by atoms with Gasteiger partial charge in [-0.05, 0) is 31.2 Å². The molecule has 0 fully saturated rings. The summed E-state index contributed by atoms with van der Waals surface area (Å²) in [5.74, 6) is -0.275. The summed E-state index contributed by atoms with van der Waals surface area (Å²) < 4.78 is 5.48. The first kappa shape index (κ1) is 11.1. The average Bonchev–Trinajstić information content (AvgIpc) is 2.32. The van der Waals surface area contributed by atoms with E-state index >= 15 is 0 Å². The van der Waals surface area contributed by atoms with E-state index in [1.54, 1.807) is 24.3 Å². The second-order valence-electron chi connectivity index (χ2n) is 3.57. The zero-order valence-electron chi connectivity index (χ0n) is 9.25. The zero-order valence-corrected chi connectivity index (χ0v) is 9.25. The Morgan fingerprint density at radius 2 is 1.94 bits per heavy atom. The van der Waals surface area contributed by atoms with E-state index in [1.807, 2.05) is 19.1 Å². The van der Waals surface area contributed by atoms with Crippen molar-refractivity contribution in [1.82, 2.24) is 4.98 Å². The average molecular weight is 229 g/mol. The van der Waals surface area contributed by atoms with Crippen LogP contribution in [-0.4, -0.2) is 16.1 Å². The number of benzene rings is 1. The van der Waals surface area contributed by atoms with Gasteiger partial charge in [0.25, 0.3) is 0 Å². The molecule has 0 aliphatic carbocycles. The summed E-state index contributed by atoms with van der Waals surface area (Å²) in [6.07, 6.45) is 1.42. The van der Waals surface area contributed by atoms with Gasteiger partial charge in [0, 0.05) is 6.20 Å². The molecule has 86 valence electrons. The number of carboxylic acids is 1. The van der Waals surface area contributed by atoms with Crippen molar-refractivity contribution in [3.8, 4) is 11.5 Å². The number of aryl methyl sites for hydroxylation is 1. The molecule has 0 amide bonds. The van der Waals surface area contributed by atoms with Crippen molar-refractivity contribution in [3.05, 3.63) is 53.9 Å². The summed E-state index contributed by atoms with van der Waals surface area (Å²) in [6.45, 7) is 1.97. The van der Waals surface area contributed by atoms with Crippen LogP contribution in [0.4, 0.5) is 0 Å². The molecule has 2 aromatic rings. The standard InChI is InChI=1S/C13H11NO3/c1-9-4-6-10(7-5-9)17-11-3-2-8-14-12(11)13(15)16/h2-8H,1H3,(H,15,16). The number of rotatable bonds is 3. The lowest BCUT2D eigenvalue weighted by Gasteiger charge is -2.07. The minimum absolute atomic E-state index is 0.0897. The van der Waals surface area contributed by atoms with Gasteiger partial charge in [0.1, 0.15) is 5.75 Å². The number of nitrogens with zero attached hydrogens (tertiary/aromatic N) is 1. The molecule has 0 saturated carbocycles. The first-order valence-electron chi connectivity index (χ1n) is 5.09. The van der Waals surface area contributed by atoms with E-state index in [9.17, 15) is 4.79 Å². The zero-order chi connectivity index (χ0) is 12.3. The van der Waals surface area contributed by atoms with Gasteiger partial charge >= 0.3 is 5.97 Å². The van der Waals surface area contributed by atoms with Crippen LogP contribution in [0.5, 0.6) is 11.5 Å². The van der Waals surface area contributed by atoms with Gasteiger partial charge < -0.3 is 9.84 Å². The molecular weight excluding hydrogens is 218 g/mol. The van der Waals surface area contributed by atoms with Gasteiger partial charge in [-0.15, -0.1) is 0 Å². The van der Waals surface area contributed by atoms with E-state index in [2.05, 4.69) is 4.98 Å².